The van der Waals surface area contributed by atoms with Gasteiger partial charge in [-0.3, -0.25) is 4.79 Å². The fraction of sp³-hybridized carbons (Fsp3) is 0.125. The van der Waals surface area contributed by atoms with E-state index in [4.69, 9.17) is 10.5 Å². The third-order valence-corrected chi connectivity index (χ3v) is 5.89. The molecular weight excluding hydrogens is 479 g/mol. The Bertz CT molecular complexity index is 1630. The minimum Gasteiger partial charge on any atom is -0.465 e. The second-order valence-electron chi connectivity index (χ2n) is 8.04. The second-order valence-corrected chi connectivity index (χ2v) is 8.04. The summed E-state index contributed by atoms with van der Waals surface area (Å²) in [7, 11) is 1.21. The molecule has 2 aromatic heterocycles. The van der Waals surface area contributed by atoms with Crippen LogP contribution in [0, 0.1) is 0 Å². The van der Waals surface area contributed by atoms with Crippen LogP contribution in [0.15, 0.2) is 65.5 Å². The van der Waals surface area contributed by atoms with Gasteiger partial charge in [0.25, 0.3) is 5.91 Å². The molecule has 0 saturated carbocycles. The number of nitrogens with one attached hydrogen (secondary N) is 1. The molecular formula is C24H16F3N5O4. The average molecular weight is 495 g/mol. The Kier molecular flexibility index (Phi) is 5.05. The number of primary amides is 1. The number of rotatable bonds is 5. The van der Waals surface area contributed by atoms with Crippen LogP contribution in [0.5, 0.6) is 0 Å². The van der Waals surface area contributed by atoms with Gasteiger partial charge in [0.1, 0.15) is 10.9 Å². The largest absolute Gasteiger partial charge is 0.465 e. The number of fused-ring (bicyclic) bond motifs is 1. The van der Waals surface area contributed by atoms with Gasteiger partial charge in [0.15, 0.2) is 17.2 Å². The number of imidazole rings is 1. The fourth-order valence-electron chi connectivity index (χ4n) is 3.95. The third kappa shape index (κ3) is 3.54. The van der Waals surface area contributed by atoms with Gasteiger partial charge in [-0.05, 0) is 23.8 Å². The molecule has 0 spiro atoms. The first-order chi connectivity index (χ1) is 17.1. The Morgan fingerprint density at radius 3 is 2.36 bits per heavy atom. The average Bonchev–Trinajstić information content (AvgIpc) is 3.61. The number of alkyl halides is 3. The number of methoxy groups -OCH3 is 1. The monoisotopic (exact) mass is 495 g/mol. The Morgan fingerprint density at radius 2 is 1.78 bits per heavy atom. The van der Waals surface area contributed by atoms with Crippen LogP contribution >= 0.6 is 0 Å². The number of carbonyl (C=O) groups is 2. The number of benzene rings is 2. The number of halogens is 3. The van der Waals surface area contributed by atoms with Crippen molar-refractivity contribution >= 4 is 23.0 Å². The van der Waals surface area contributed by atoms with Crippen molar-refractivity contribution in [3.8, 4) is 17.1 Å². The van der Waals surface area contributed by atoms with E-state index in [1.54, 1.807) is 6.07 Å². The highest BCUT2D eigenvalue weighted by Gasteiger charge is 2.58. The zero-order chi connectivity index (χ0) is 25.8. The van der Waals surface area contributed by atoms with Crippen LogP contribution in [0.1, 0.15) is 26.4 Å². The molecule has 1 aliphatic rings. The summed E-state index contributed by atoms with van der Waals surface area (Å²) in [5, 5.41) is 0. The molecule has 1 aliphatic carbocycles. The van der Waals surface area contributed by atoms with E-state index in [-0.39, 0.29) is 39.5 Å². The van der Waals surface area contributed by atoms with E-state index in [1.807, 2.05) is 0 Å². The van der Waals surface area contributed by atoms with E-state index in [9.17, 15) is 27.6 Å². The molecule has 12 heteroatoms. The Hall–Kier alpha value is -4.74. The lowest BCUT2D eigenvalue weighted by molar-refractivity contribution is -0.153. The summed E-state index contributed by atoms with van der Waals surface area (Å²) in [5.41, 5.74) is 3.12. The third-order valence-electron chi connectivity index (χ3n) is 5.89. The van der Waals surface area contributed by atoms with Crippen molar-refractivity contribution in [2.24, 2.45) is 5.73 Å². The Balaban J connectivity index is 1.66. The van der Waals surface area contributed by atoms with Crippen molar-refractivity contribution in [3.05, 3.63) is 88.0 Å². The van der Waals surface area contributed by atoms with E-state index in [0.29, 0.717) is 5.56 Å². The van der Waals surface area contributed by atoms with Crippen LogP contribution in [0.3, 0.4) is 0 Å². The van der Waals surface area contributed by atoms with Gasteiger partial charge in [-0.2, -0.15) is 13.2 Å². The Labute approximate surface area is 200 Å². The van der Waals surface area contributed by atoms with Crippen molar-refractivity contribution in [2.45, 2.75) is 11.6 Å². The molecule has 182 valence electrons. The lowest BCUT2D eigenvalue weighted by atomic mass is 9.92. The first-order valence-corrected chi connectivity index (χ1v) is 10.4. The minimum atomic E-state index is -4.47. The van der Waals surface area contributed by atoms with Crippen molar-refractivity contribution in [1.29, 1.82) is 0 Å². The number of H-pyrrole nitrogens is 1. The van der Waals surface area contributed by atoms with Crippen LogP contribution in [-0.2, 0) is 10.2 Å². The van der Waals surface area contributed by atoms with Gasteiger partial charge in [-0.25, -0.2) is 24.1 Å². The number of ether oxygens (including phenoxy) is 1. The molecule has 0 atom stereocenters. The number of amides is 1. The van der Waals surface area contributed by atoms with Crippen LogP contribution < -0.4 is 11.4 Å². The number of allylic oxidation sites excluding steroid dienone is 2. The van der Waals surface area contributed by atoms with E-state index < -0.39 is 29.2 Å². The van der Waals surface area contributed by atoms with E-state index in [0.717, 1.165) is 16.7 Å². The van der Waals surface area contributed by atoms with Gasteiger partial charge in [-0.1, -0.05) is 42.5 Å². The Morgan fingerprint density at radius 1 is 1.08 bits per heavy atom. The van der Waals surface area contributed by atoms with E-state index in [2.05, 4.69) is 15.0 Å². The summed E-state index contributed by atoms with van der Waals surface area (Å²) >= 11 is 0. The zero-order valence-electron chi connectivity index (χ0n) is 18.5. The van der Waals surface area contributed by atoms with Crippen LogP contribution in [0.25, 0.3) is 28.2 Å². The summed E-state index contributed by atoms with van der Waals surface area (Å²) < 4.78 is 46.1. The summed E-state index contributed by atoms with van der Waals surface area (Å²) in [6.45, 7) is 0. The summed E-state index contributed by atoms with van der Waals surface area (Å²) in [4.78, 5) is 48.0. The number of nitrogens with two attached hydrogens (primary N) is 1. The van der Waals surface area contributed by atoms with Gasteiger partial charge in [-0.15, -0.1) is 0 Å². The highest BCUT2D eigenvalue weighted by atomic mass is 19.4. The predicted octanol–water partition coefficient (Wildman–Crippen LogP) is 3.03. The molecule has 1 amide bonds. The molecule has 0 bridgehead atoms. The molecule has 3 N–H and O–H groups in total. The van der Waals surface area contributed by atoms with Crippen LogP contribution in [0.4, 0.5) is 13.2 Å². The summed E-state index contributed by atoms with van der Waals surface area (Å²) in [6.07, 6.45) is -2.34. The molecule has 2 aromatic carbocycles. The van der Waals surface area contributed by atoms with Gasteiger partial charge >= 0.3 is 17.8 Å². The molecule has 9 nitrogen and oxygen atoms in total. The van der Waals surface area contributed by atoms with Gasteiger partial charge in [0, 0.05) is 5.56 Å². The molecule has 4 aromatic rings. The normalized spacial score (nSPS) is 14.1. The molecule has 5 rings (SSSR count). The highest BCUT2D eigenvalue weighted by molar-refractivity contribution is 6.02. The second kappa shape index (κ2) is 7.90. The predicted molar refractivity (Wildman–Crippen MR) is 122 cm³/mol. The molecule has 0 fully saturated rings. The number of esters is 1. The van der Waals surface area contributed by atoms with Crippen molar-refractivity contribution in [2.75, 3.05) is 7.11 Å². The lowest BCUT2D eigenvalue weighted by Crippen LogP contribution is -2.30. The number of aromatic amines is 1. The molecule has 0 aliphatic heterocycles. The molecule has 2 heterocycles. The van der Waals surface area contributed by atoms with Crippen molar-refractivity contribution in [3.63, 3.8) is 0 Å². The zero-order valence-corrected chi connectivity index (χ0v) is 18.5. The number of carbonyl (C=O) groups excluding carboxylic acids is 2. The summed E-state index contributed by atoms with van der Waals surface area (Å²) in [5.74, 6) is -1.61. The summed E-state index contributed by atoms with van der Waals surface area (Å²) in [6, 6.07) is 11.3. The SMILES string of the molecule is COC(=O)c1cccc(-n2c(=O)[nH]c3c(C(N)=O)nc(-c4ccc(C5(C(F)(F)F)C=C5)cc4)nc32)c1. The van der Waals surface area contributed by atoms with Crippen molar-refractivity contribution in [1.82, 2.24) is 19.5 Å². The standard InChI is InChI=1S/C24H16F3N5O4/c1-36-21(34)13-3-2-4-15(11-13)32-20-17(30-22(32)35)16(18(28)33)29-19(31-20)12-5-7-14(8-6-12)23(9-10-23)24(25,26)27/h2-11H,1H3,(H2,28,33)(H,30,35). The highest BCUT2D eigenvalue weighted by Crippen LogP contribution is 2.51. The quantitative estimate of drug-likeness (QED) is 0.323. The smallest absolute Gasteiger partial charge is 0.405 e. The molecule has 36 heavy (non-hydrogen) atoms. The first kappa shape index (κ1) is 23.0. The van der Waals surface area contributed by atoms with Crippen molar-refractivity contribution < 1.29 is 27.5 Å². The maximum absolute atomic E-state index is 13.4. The fourth-order valence-corrected chi connectivity index (χ4v) is 3.95. The maximum Gasteiger partial charge on any atom is 0.405 e. The van der Waals surface area contributed by atoms with Crippen LogP contribution in [0.2, 0.25) is 0 Å². The minimum absolute atomic E-state index is 0.0134. The van der Waals surface area contributed by atoms with Gasteiger partial charge in [0.05, 0.1) is 18.4 Å². The topological polar surface area (TPSA) is 133 Å². The molecule has 0 saturated heterocycles. The number of nitrogens with zero attached hydrogens (tertiary/aromatic N) is 3. The van der Waals surface area contributed by atoms with Crippen LogP contribution in [-0.4, -0.2) is 44.7 Å². The maximum atomic E-state index is 13.4. The lowest BCUT2D eigenvalue weighted by Gasteiger charge is -2.20. The number of aromatic nitrogens is 4. The number of hydrogen-bond donors (Lipinski definition) is 2. The van der Waals surface area contributed by atoms with Gasteiger partial charge < -0.3 is 15.5 Å². The van der Waals surface area contributed by atoms with E-state index >= 15 is 0 Å². The number of hydrogen-bond acceptors (Lipinski definition) is 6. The first-order valence-electron chi connectivity index (χ1n) is 10.4. The molecule has 0 unspecified atom stereocenters. The van der Waals surface area contributed by atoms with E-state index in [1.165, 1.54) is 49.6 Å². The molecule has 0 radical (unpaired) electrons. The van der Waals surface area contributed by atoms with Gasteiger partial charge in [0.2, 0.25) is 0 Å².